The third-order valence-corrected chi connectivity index (χ3v) is 3.13. The number of hydrogen-bond acceptors (Lipinski definition) is 4. The molecular formula is C9H11F2NO3S. The van der Waals surface area contributed by atoms with E-state index < -0.39 is 38.0 Å². The van der Waals surface area contributed by atoms with Crippen molar-refractivity contribution < 1.29 is 22.3 Å². The van der Waals surface area contributed by atoms with E-state index in [-0.39, 0.29) is 6.54 Å². The Labute approximate surface area is 91.6 Å². The van der Waals surface area contributed by atoms with Gasteiger partial charge >= 0.3 is 0 Å². The Morgan fingerprint density at radius 2 is 2.00 bits per heavy atom. The molecule has 0 amide bonds. The second-order valence-corrected chi connectivity index (χ2v) is 5.35. The molecule has 0 aliphatic rings. The Kier molecular flexibility index (Phi) is 3.61. The highest BCUT2D eigenvalue weighted by atomic mass is 32.2. The lowest BCUT2D eigenvalue weighted by molar-refractivity contribution is 0.180. The van der Waals surface area contributed by atoms with E-state index in [1.54, 1.807) is 0 Å². The van der Waals surface area contributed by atoms with Gasteiger partial charge in [0, 0.05) is 18.4 Å². The van der Waals surface area contributed by atoms with Crippen LogP contribution in [0.15, 0.2) is 17.0 Å². The molecule has 90 valence electrons. The van der Waals surface area contributed by atoms with Crippen LogP contribution in [-0.2, 0) is 9.84 Å². The molecule has 0 fully saturated rings. The van der Waals surface area contributed by atoms with Crippen LogP contribution in [0.3, 0.4) is 0 Å². The van der Waals surface area contributed by atoms with Crippen LogP contribution in [0.25, 0.3) is 0 Å². The smallest absolute Gasteiger partial charge is 0.175 e. The summed E-state index contributed by atoms with van der Waals surface area (Å²) in [6.07, 6.45) is -0.575. The lowest BCUT2D eigenvalue weighted by Gasteiger charge is -2.11. The van der Waals surface area contributed by atoms with Gasteiger partial charge in [0.1, 0.15) is 0 Å². The maximum absolute atomic E-state index is 13.2. The van der Waals surface area contributed by atoms with Crippen LogP contribution in [0.4, 0.5) is 8.78 Å². The Morgan fingerprint density at radius 3 is 2.44 bits per heavy atom. The molecule has 0 spiro atoms. The fourth-order valence-corrected chi connectivity index (χ4v) is 1.83. The maximum Gasteiger partial charge on any atom is 0.175 e. The highest BCUT2D eigenvalue weighted by molar-refractivity contribution is 7.90. The quantitative estimate of drug-likeness (QED) is 0.760. The van der Waals surface area contributed by atoms with Gasteiger partial charge in [0.15, 0.2) is 21.5 Å². The summed E-state index contributed by atoms with van der Waals surface area (Å²) in [5.74, 6) is -2.62. The number of sulfone groups is 1. The zero-order valence-electron chi connectivity index (χ0n) is 8.44. The summed E-state index contributed by atoms with van der Waals surface area (Å²) in [5.41, 5.74) is 4.64. The third-order valence-electron chi connectivity index (χ3n) is 2.04. The number of nitrogens with two attached hydrogens (primary N) is 1. The van der Waals surface area contributed by atoms with Crippen molar-refractivity contribution in [2.45, 2.75) is 11.0 Å². The summed E-state index contributed by atoms with van der Waals surface area (Å²) >= 11 is 0. The first-order valence-electron chi connectivity index (χ1n) is 4.34. The largest absolute Gasteiger partial charge is 0.387 e. The molecule has 4 nitrogen and oxygen atoms in total. The van der Waals surface area contributed by atoms with Gasteiger partial charge in [0.05, 0.1) is 11.0 Å². The number of aliphatic hydroxyl groups is 1. The monoisotopic (exact) mass is 251 g/mol. The average molecular weight is 251 g/mol. The Morgan fingerprint density at radius 1 is 1.44 bits per heavy atom. The molecule has 0 bridgehead atoms. The fraction of sp³-hybridized carbons (Fsp3) is 0.333. The van der Waals surface area contributed by atoms with Crippen LogP contribution < -0.4 is 5.73 Å². The highest BCUT2D eigenvalue weighted by Crippen LogP contribution is 2.23. The molecule has 0 radical (unpaired) electrons. The molecule has 7 heteroatoms. The van der Waals surface area contributed by atoms with Crippen LogP contribution in [0.1, 0.15) is 11.7 Å². The second-order valence-electron chi connectivity index (χ2n) is 3.33. The first-order chi connectivity index (χ1) is 7.27. The standard InChI is InChI=1S/C9H11F2NO3S/c1-16(14,15)5-2-6(8(13)4-12)9(11)7(10)3-5/h2-3,8,13H,4,12H2,1H3. The molecule has 1 aromatic carbocycles. The van der Waals surface area contributed by atoms with E-state index >= 15 is 0 Å². The van der Waals surface area contributed by atoms with Gasteiger partial charge in [0.25, 0.3) is 0 Å². The topological polar surface area (TPSA) is 80.4 Å². The van der Waals surface area contributed by atoms with Crippen LogP contribution in [-0.4, -0.2) is 26.3 Å². The number of halogens is 2. The van der Waals surface area contributed by atoms with Crippen LogP contribution in [0.5, 0.6) is 0 Å². The summed E-state index contributed by atoms with van der Waals surface area (Å²) in [6.45, 7) is -0.330. The minimum atomic E-state index is -3.66. The molecule has 1 rings (SSSR count). The summed E-state index contributed by atoms with van der Waals surface area (Å²) in [7, 11) is -3.66. The summed E-state index contributed by atoms with van der Waals surface area (Å²) in [6, 6.07) is 1.45. The molecule has 1 aromatic rings. The van der Waals surface area contributed by atoms with Gasteiger partial charge in [-0.15, -0.1) is 0 Å². The van der Waals surface area contributed by atoms with E-state index in [4.69, 9.17) is 5.73 Å². The fourth-order valence-electron chi connectivity index (χ4n) is 1.17. The van der Waals surface area contributed by atoms with Gasteiger partial charge in [-0.05, 0) is 12.1 Å². The SMILES string of the molecule is CS(=O)(=O)c1cc(F)c(F)c(C(O)CN)c1. The number of hydrogen-bond donors (Lipinski definition) is 2. The van der Waals surface area contributed by atoms with Crippen LogP contribution in [0.2, 0.25) is 0 Å². The normalized spacial score (nSPS) is 13.8. The van der Waals surface area contributed by atoms with E-state index in [9.17, 15) is 22.3 Å². The summed E-state index contributed by atoms with van der Waals surface area (Å²) < 4.78 is 48.6. The van der Waals surface area contributed by atoms with E-state index in [1.165, 1.54) is 0 Å². The molecule has 16 heavy (non-hydrogen) atoms. The number of benzene rings is 1. The Balaban J connectivity index is 3.45. The predicted molar refractivity (Wildman–Crippen MR) is 53.5 cm³/mol. The Bertz CT molecular complexity index is 502. The van der Waals surface area contributed by atoms with Gasteiger partial charge in [-0.2, -0.15) is 0 Å². The first-order valence-corrected chi connectivity index (χ1v) is 6.23. The second kappa shape index (κ2) is 4.44. The maximum atomic E-state index is 13.2. The molecule has 3 N–H and O–H groups in total. The lowest BCUT2D eigenvalue weighted by Crippen LogP contribution is -2.15. The van der Waals surface area contributed by atoms with Crippen LogP contribution >= 0.6 is 0 Å². The van der Waals surface area contributed by atoms with Gasteiger partial charge < -0.3 is 10.8 Å². The molecular weight excluding hydrogens is 240 g/mol. The molecule has 0 saturated heterocycles. The average Bonchev–Trinajstić information content (AvgIpc) is 2.19. The van der Waals surface area contributed by atoms with Crippen molar-refractivity contribution in [3.63, 3.8) is 0 Å². The van der Waals surface area contributed by atoms with Crippen molar-refractivity contribution in [1.29, 1.82) is 0 Å². The number of aliphatic hydroxyl groups excluding tert-OH is 1. The van der Waals surface area contributed by atoms with Crippen molar-refractivity contribution >= 4 is 9.84 Å². The van der Waals surface area contributed by atoms with Gasteiger partial charge in [-0.3, -0.25) is 0 Å². The first kappa shape index (κ1) is 13.0. The molecule has 1 unspecified atom stereocenters. The van der Waals surface area contributed by atoms with E-state index in [1.807, 2.05) is 0 Å². The molecule has 0 saturated carbocycles. The van der Waals surface area contributed by atoms with Crippen molar-refractivity contribution in [1.82, 2.24) is 0 Å². The number of rotatable bonds is 3. The lowest BCUT2D eigenvalue weighted by atomic mass is 10.1. The van der Waals surface area contributed by atoms with E-state index in [2.05, 4.69) is 0 Å². The highest BCUT2D eigenvalue weighted by Gasteiger charge is 2.20. The predicted octanol–water partition coefficient (Wildman–Crippen LogP) is 0.360. The summed E-state index contributed by atoms with van der Waals surface area (Å²) in [5, 5.41) is 9.30. The molecule has 0 aliphatic heterocycles. The van der Waals surface area contributed by atoms with Crippen molar-refractivity contribution in [3.05, 3.63) is 29.3 Å². The molecule has 1 atom stereocenters. The van der Waals surface area contributed by atoms with Crippen molar-refractivity contribution in [2.75, 3.05) is 12.8 Å². The van der Waals surface area contributed by atoms with E-state index in [0.717, 1.165) is 12.3 Å². The Hall–Kier alpha value is -1.05. The molecule has 0 aliphatic carbocycles. The minimum absolute atomic E-state index is 0.330. The van der Waals surface area contributed by atoms with Crippen molar-refractivity contribution in [2.24, 2.45) is 5.73 Å². The minimum Gasteiger partial charge on any atom is -0.387 e. The van der Waals surface area contributed by atoms with Crippen molar-refractivity contribution in [3.8, 4) is 0 Å². The van der Waals surface area contributed by atoms with Gasteiger partial charge in [-0.1, -0.05) is 0 Å². The summed E-state index contributed by atoms with van der Waals surface area (Å²) in [4.78, 5) is -0.395. The molecule has 0 aromatic heterocycles. The zero-order valence-corrected chi connectivity index (χ0v) is 9.26. The molecule has 0 heterocycles. The van der Waals surface area contributed by atoms with Crippen LogP contribution in [0, 0.1) is 11.6 Å². The van der Waals surface area contributed by atoms with E-state index in [0.29, 0.717) is 6.07 Å². The third kappa shape index (κ3) is 2.55. The zero-order chi connectivity index (χ0) is 12.5. The van der Waals surface area contributed by atoms with Gasteiger partial charge in [0.2, 0.25) is 0 Å². The van der Waals surface area contributed by atoms with Gasteiger partial charge in [-0.25, -0.2) is 17.2 Å².